The van der Waals surface area contributed by atoms with E-state index in [1.165, 1.54) is 26.4 Å². The topological polar surface area (TPSA) is 217 Å². The largest absolute Gasteiger partial charge is 0.378 e. The summed E-state index contributed by atoms with van der Waals surface area (Å²) < 4.78 is 0. The first-order valence-electron chi connectivity index (χ1n) is 19.6. The standard InChI is InChI=1S/2C15H13N3OS2.C12H11NOS.C3H4N2OS/c2*1-2-20-12-5-6-17-11-4-3-9(7-10(11)12)8-13-14(19)18-15(16)21-13;1-2-15-12-5-6-13-11-4-3-9(8-14)7-10(11)12;4-3-5-2(6)1-7-3/h2*3-8H,2H2,1H3,(H2,16,18,19);3-8H,2H2,1H3;1H2,(H2,4,5,6)/b2*13-8-;;. The van der Waals surface area contributed by atoms with Gasteiger partial charge in [0.15, 0.2) is 15.5 Å². The predicted octanol–water partition coefficient (Wildman–Crippen LogP) is 9.70. The van der Waals surface area contributed by atoms with Gasteiger partial charge in [0.25, 0.3) is 17.7 Å². The van der Waals surface area contributed by atoms with Crippen LogP contribution in [0.4, 0.5) is 0 Å². The highest BCUT2D eigenvalue weighted by atomic mass is 32.2. The Labute approximate surface area is 395 Å². The summed E-state index contributed by atoms with van der Waals surface area (Å²) in [7, 11) is 0. The number of aldehydes is 1. The summed E-state index contributed by atoms with van der Waals surface area (Å²) in [4.78, 5) is 65.3. The molecule has 3 aliphatic heterocycles. The lowest BCUT2D eigenvalue weighted by molar-refractivity contribution is -0.116. The summed E-state index contributed by atoms with van der Waals surface area (Å²) in [6.07, 6.45) is 9.94. The van der Waals surface area contributed by atoms with Crippen molar-refractivity contribution in [3.05, 3.63) is 118 Å². The number of carbonyl (C=O) groups excluding carboxylic acids is 4. The van der Waals surface area contributed by atoms with Crippen LogP contribution in [-0.2, 0) is 14.4 Å². The minimum Gasteiger partial charge on any atom is -0.378 e. The lowest BCUT2D eigenvalue weighted by Gasteiger charge is -2.05. The van der Waals surface area contributed by atoms with Gasteiger partial charge in [-0.05, 0) is 125 Å². The lowest BCUT2D eigenvalue weighted by Crippen LogP contribution is -2.18. The monoisotopic (exact) mass is 963 g/mol. The Hall–Kier alpha value is -5.44. The van der Waals surface area contributed by atoms with Crippen molar-refractivity contribution in [2.45, 2.75) is 35.5 Å². The maximum Gasteiger partial charge on any atom is 0.264 e. The molecule has 3 aromatic heterocycles. The van der Waals surface area contributed by atoms with Crippen LogP contribution in [0.2, 0.25) is 0 Å². The van der Waals surface area contributed by atoms with Crippen molar-refractivity contribution in [2.24, 2.45) is 10.7 Å². The number of aliphatic imine (C=N–C) groups is 1. The molecule has 6 aromatic rings. The number of nitrogens with two attached hydrogens (primary N) is 1. The second-order valence-electron chi connectivity index (χ2n) is 13.1. The van der Waals surface area contributed by atoms with Gasteiger partial charge in [-0.25, -0.2) is 0 Å². The lowest BCUT2D eigenvalue weighted by atomic mass is 10.1. The summed E-state index contributed by atoms with van der Waals surface area (Å²) in [6.45, 7) is 6.35. The van der Waals surface area contributed by atoms with Crippen LogP contribution in [0.1, 0.15) is 42.3 Å². The molecule has 0 aliphatic carbocycles. The second-order valence-corrected chi connectivity index (χ2v) is 20.1. The van der Waals surface area contributed by atoms with Gasteiger partial charge >= 0.3 is 0 Å². The number of thioether (sulfide) groups is 6. The first kappa shape index (κ1) is 48.0. The minimum absolute atomic E-state index is 0.123. The third-order valence-corrected chi connectivity index (χ3v) is 14.0. The summed E-state index contributed by atoms with van der Waals surface area (Å²) in [5.41, 5.74) is 10.6. The fourth-order valence-electron chi connectivity index (χ4n) is 6.02. The molecule has 0 atom stereocenters. The molecule has 0 bridgehead atoms. The second kappa shape index (κ2) is 23.5. The average Bonchev–Trinajstić information content (AvgIpc) is 3.95. The Morgan fingerprint density at radius 3 is 1.31 bits per heavy atom. The molecule has 6 heterocycles. The molecule has 9 rings (SSSR count). The molecule has 0 spiro atoms. The Morgan fingerprint density at radius 2 is 1.02 bits per heavy atom. The Bertz CT molecular complexity index is 2760. The van der Waals surface area contributed by atoms with Crippen LogP contribution in [0.25, 0.3) is 44.9 Å². The molecule has 0 radical (unpaired) electrons. The van der Waals surface area contributed by atoms with E-state index in [0.29, 0.717) is 26.3 Å². The number of carbonyl (C=O) groups is 4. The highest BCUT2D eigenvalue weighted by Crippen LogP contribution is 2.32. The molecule has 326 valence electrons. The predicted molar refractivity (Wildman–Crippen MR) is 272 cm³/mol. The van der Waals surface area contributed by atoms with Gasteiger partial charge in [0.1, 0.15) is 6.29 Å². The number of rotatable bonds is 9. The van der Waals surface area contributed by atoms with E-state index in [2.05, 4.69) is 51.3 Å². The Morgan fingerprint density at radius 1 is 0.625 bits per heavy atom. The van der Waals surface area contributed by atoms with Crippen molar-refractivity contribution in [3.63, 3.8) is 0 Å². The molecule has 13 nitrogen and oxygen atoms in total. The van der Waals surface area contributed by atoms with Gasteiger partial charge in [-0.15, -0.1) is 35.3 Å². The summed E-state index contributed by atoms with van der Waals surface area (Å²) in [6, 6.07) is 23.5. The molecule has 2 saturated heterocycles. The molecule has 2 fully saturated rings. The fourth-order valence-corrected chi connectivity index (χ4v) is 10.3. The van der Waals surface area contributed by atoms with Crippen LogP contribution in [0.15, 0.2) is 121 Å². The van der Waals surface area contributed by atoms with E-state index in [1.54, 1.807) is 47.5 Å². The van der Waals surface area contributed by atoms with Gasteiger partial charge in [0, 0.05) is 55.0 Å². The van der Waals surface area contributed by atoms with Crippen molar-refractivity contribution >= 4 is 155 Å². The number of hydrogen-bond donors (Lipinski definition) is 5. The number of hydrogen-bond acceptors (Lipinski definition) is 16. The van der Waals surface area contributed by atoms with Crippen molar-refractivity contribution in [1.82, 2.24) is 25.6 Å². The summed E-state index contributed by atoms with van der Waals surface area (Å²) >= 11 is 8.91. The zero-order valence-electron chi connectivity index (χ0n) is 34.7. The van der Waals surface area contributed by atoms with Gasteiger partial charge in [0.05, 0.1) is 32.1 Å². The number of pyridine rings is 3. The van der Waals surface area contributed by atoms with Crippen molar-refractivity contribution in [3.8, 4) is 0 Å². The molecule has 0 unspecified atom stereocenters. The van der Waals surface area contributed by atoms with E-state index in [4.69, 9.17) is 16.6 Å². The number of amidine groups is 3. The van der Waals surface area contributed by atoms with Crippen molar-refractivity contribution in [1.29, 1.82) is 10.8 Å². The molecule has 3 aromatic carbocycles. The van der Waals surface area contributed by atoms with Gasteiger partial charge in [-0.2, -0.15) is 4.99 Å². The van der Waals surface area contributed by atoms with E-state index in [9.17, 15) is 19.2 Å². The number of fused-ring (bicyclic) bond motifs is 3. The van der Waals surface area contributed by atoms with E-state index in [-0.39, 0.29) is 28.1 Å². The van der Waals surface area contributed by atoms with Gasteiger partial charge < -0.3 is 16.4 Å². The number of benzene rings is 3. The van der Waals surface area contributed by atoms with E-state index in [1.807, 2.05) is 91.3 Å². The smallest absolute Gasteiger partial charge is 0.264 e. The fraction of sp³-hybridized carbons (Fsp3) is 0.156. The first-order chi connectivity index (χ1) is 31.0. The van der Waals surface area contributed by atoms with Crippen LogP contribution in [0, 0.1) is 10.8 Å². The van der Waals surface area contributed by atoms with E-state index < -0.39 is 0 Å². The van der Waals surface area contributed by atoms with Crippen molar-refractivity contribution < 1.29 is 19.2 Å². The minimum atomic E-state index is -0.209. The molecular weight excluding hydrogens is 923 g/mol. The maximum atomic E-state index is 11.7. The molecule has 3 amide bonds. The SMILES string of the molecule is CCSc1ccnc2ccc(/C=C3\SC(=N)NC3=O)cc12.CCSc1ccnc2ccc(/C=C3\SC(=N)NC3=O)cc12.CCSc1ccnc2ccc(C=O)cc12.NC1=NC(=O)CS1. The van der Waals surface area contributed by atoms with Gasteiger partial charge in [0.2, 0.25) is 0 Å². The number of amides is 3. The summed E-state index contributed by atoms with van der Waals surface area (Å²) in [5, 5.41) is 23.9. The third-order valence-electron chi connectivity index (χ3n) is 8.71. The molecule has 0 saturated carbocycles. The molecule has 6 N–H and O–H groups in total. The molecule has 64 heavy (non-hydrogen) atoms. The van der Waals surface area contributed by atoms with Crippen LogP contribution in [0.5, 0.6) is 0 Å². The van der Waals surface area contributed by atoms with Crippen LogP contribution < -0.4 is 16.4 Å². The van der Waals surface area contributed by atoms with Gasteiger partial charge in [-0.3, -0.25) is 44.9 Å². The zero-order chi connectivity index (χ0) is 45.6. The molecule has 3 aliphatic rings. The average molecular weight is 964 g/mol. The van der Waals surface area contributed by atoms with Gasteiger partial charge in [-0.1, -0.05) is 44.7 Å². The van der Waals surface area contributed by atoms with Crippen molar-refractivity contribution in [2.75, 3.05) is 23.0 Å². The molecular formula is C45H41N9O4S6. The maximum absolute atomic E-state index is 11.7. The van der Waals surface area contributed by atoms with Crippen LogP contribution >= 0.6 is 70.6 Å². The highest BCUT2D eigenvalue weighted by Gasteiger charge is 2.23. The quantitative estimate of drug-likeness (QED) is 0.0518. The third kappa shape index (κ3) is 13.1. The Kier molecular flexibility index (Phi) is 17.6. The molecule has 19 heteroatoms. The van der Waals surface area contributed by atoms with Crippen LogP contribution in [-0.4, -0.2) is 77.5 Å². The summed E-state index contributed by atoms with van der Waals surface area (Å²) in [5.74, 6) is 2.90. The van der Waals surface area contributed by atoms with Crippen LogP contribution in [0.3, 0.4) is 0 Å². The number of aromatic nitrogens is 3. The Balaban J connectivity index is 0.000000150. The number of nitrogens with zero attached hydrogens (tertiary/aromatic N) is 4. The highest BCUT2D eigenvalue weighted by molar-refractivity contribution is 8.19. The van der Waals surface area contributed by atoms with E-state index >= 15 is 0 Å². The normalized spacial score (nSPS) is 15.6. The zero-order valence-corrected chi connectivity index (χ0v) is 39.6. The number of nitrogens with one attached hydrogen (secondary N) is 4. The van der Waals surface area contributed by atoms with E-state index in [0.717, 1.165) is 90.9 Å². The first-order valence-corrected chi connectivity index (χ1v) is 25.1.